The summed E-state index contributed by atoms with van der Waals surface area (Å²) in [7, 11) is 2.06. The van der Waals surface area contributed by atoms with Gasteiger partial charge in [0.05, 0.1) is 17.2 Å². The van der Waals surface area contributed by atoms with Crippen molar-refractivity contribution in [3.63, 3.8) is 0 Å². The lowest BCUT2D eigenvalue weighted by Gasteiger charge is -2.30. The molecule has 0 radical (unpaired) electrons. The van der Waals surface area contributed by atoms with E-state index in [0.717, 1.165) is 25.2 Å². The summed E-state index contributed by atoms with van der Waals surface area (Å²) in [6, 6.07) is 7.56. The molecule has 0 N–H and O–H groups in total. The van der Waals surface area contributed by atoms with Crippen molar-refractivity contribution in [2.45, 2.75) is 19.4 Å². The zero-order valence-electron chi connectivity index (χ0n) is 12.9. The number of likely N-dealkylation sites (tertiary alicyclic amines) is 1. The van der Waals surface area contributed by atoms with Crippen molar-refractivity contribution in [3.8, 4) is 6.07 Å². The maximum absolute atomic E-state index is 11.9. The standard InChI is InChI=1S/C16H20ClN3O2/c1-3-22-16(21)11-20(14-6-7-19(2)10-14)13-5-4-12(9-18)15(17)8-13/h4-5,8,14H,3,6-7,10-11H2,1-2H3/t14-/m0/s1. The first-order valence-electron chi connectivity index (χ1n) is 7.35. The van der Waals surface area contributed by atoms with Crippen molar-refractivity contribution in [3.05, 3.63) is 28.8 Å². The van der Waals surface area contributed by atoms with Gasteiger partial charge in [0.1, 0.15) is 12.6 Å². The number of carbonyl (C=O) groups is 1. The molecule has 1 fully saturated rings. The monoisotopic (exact) mass is 321 g/mol. The molecule has 0 aromatic heterocycles. The van der Waals surface area contributed by atoms with E-state index < -0.39 is 0 Å². The third-order valence-corrected chi connectivity index (χ3v) is 4.13. The SMILES string of the molecule is CCOC(=O)CN(c1ccc(C#N)c(Cl)c1)[C@H]1CCN(C)C1. The zero-order valence-corrected chi connectivity index (χ0v) is 13.6. The van der Waals surface area contributed by atoms with Gasteiger partial charge in [-0.2, -0.15) is 5.26 Å². The molecule has 1 atom stereocenters. The second-order valence-electron chi connectivity index (χ2n) is 5.41. The fourth-order valence-electron chi connectivity index (χ4n) is 2.72. The maximum atomic E-state index is 11.9. The Labute approximate surface area is 136 Å². The minimum absolute atomic E-state index is 0.189. The number of benzene rings is 1. The fraction of sp³-hybridized carbons (Fsp3) is 0.500. The number of nitriles is 1. The molecular weight excluding hydrogens is 302 g/mol. The molecule has 5 nitrogen and oxygen atoms in total. The smallest absolute Gasteiger partial charge is 0.325 e. The second-order valence-corrected chi connectivity index (χ2v) is 5.82. The number of nitrogens with zero attached hydrogens (tertiary/aromatic N) is 3. The van der Waals surface area contributed by atoms with Crippen molar-refractivity contribution in [1.82, 2.24) is 4.90 Å². The van der Waals surface area contributed by atoms with Gasteiger partial charge in [0, 0.05) is 18.3 Å². The molecule has 1 aliphatic heterocycles. The van der Waals surface area contributed by atoms with Crippen molar-refractivity contribution in [2.75, 3.05) is 38.2 Å². The highest BCUT2D eigenvalue weighted by Crippen LogP contribution is 2.27. The first-order valence-corrected chi connectivity index (χ1v) is 7.73. The van der Waals surface area contributed by atoms with E-state index in [4.69, 9.17) is 21.6 Å². The summed E-state index contributed by atoms with van der Waals surface area (Å²) >= 11 is 6.13. The summed E-state index contributed by atoms with van der Waals surface area (Å²) in [5.41, 5.74) is 1.28. The van der Waals surface area contributed by atoms with Crippen molar-refractivity contribution in [2.24, 2.45) is 0 Å². The molecule has 1 saturated heterocycles. The van der Waals surface area contributed by atoms with E-state index in [9.17, 15) is 4.79 Å². The van der Waals surface area contributed by atoms with Crippen LogP contribution in [0, 0.1) is 11.3 Å². The third kappa shape index (κ3) is 3.90. The molecule has 1 aliphatic rings. The summed E-state index contributed by atoms with van der Waals surface area (Å²) in [5.74, 6) is -0.252. The van der Waals surface area contributed by atoms with Crippen LogP contribution in [0.4, 0.5) is 5.69 Å². The number of hydrogen-bond acceptors (Lipinski definition) is 5. The van der Waals surface area contributed by atoms with Gasteiger partial charge in [-0.05, 0) is 45.1 Å². The van der Waals surface area contributed by atoms with E-state index in [1.807, 2.05) is 17.0 Å². The lowest BCUT2D eigenvalue weighted by molar-refractivity contribution is -0.141. The van der Waals surface area contributed by atoms with Gasteiger partial charge in [0.25, 0.3) is 0 Å². The second kappa shape index (κ2) is 7.48. The van der Waals surface area contributed by atoms with E-state index in [1.165, 1.54) is 0 Å². The van der Waals surface area contributed by atoms with E-state index >= 15 is 0 Å². The number of carbonyl (C=O) groups excluding carboxylic acids is 1. The maximum Gasteiger partial charge on any atom is 0.325 e. The minimum atomic E-state index is -0.252. The first-order chi connectivity index (χ1) is 10.5. The molecule has 0 aliphatic carbocycles. The number of halogens is 1. The Kier molecular flexibility index (Phi) is 5.64. The molecule has 1 heterocycles. The predicted molar refractivity (Wildman–Crippen MR) is 86.0 cm³/mol. The Morgan fingerprint density at radius 1 is 1.59 bits per heavy atom. The molecule has 0 spiro atoms. The van der Waals surface area contributed by atoms with Gasteiger partial charge in [-0.15, -0.1) is 0 Å². The molecule has 1 aromatic carbocycles. The average Bonchev–Trinajstić information content (AvgIpc) is 2.91. The van der Waals surface area contributed by atoms with E-state index in [2.05, 4.69) is 11.9 Å². The Morgan fingerprint density at radius 3 is 2.91 bits per heavy atom. The third-order valence-electron chi connectivity index (χ3n) is 3.82. The summed E-state index contributed by atoms with van der Waals surface area (Å²) in [5, 5.41) is 9.38. The van der Waals surface area contributed by atoms with Crippen LogP contribution >= 0.6 is 11.6 Å². The van der Waals surface area contributed by atoms with E-state index in [1.54, 1.807) is 19.1 Å². The van der Waals surface area contributed by atoms with Crippen LogP contribution < -0.4 is 4.90 Å². The van der Waals surface area contributed by atoms with Crippen molar-refractivity contribution in [1.29, 1.82) is 5.26 Å². The van der Waals surface area contributed by atoms with E-state index in [-0.39, 0.29) is 18.6 Å². The highest BCUT2D eigenvalue weighted by atomic mass is 35.5. The van der Waals surface area contributed by atoms with Crippen LogP contribution in [-0.2, 0) is 9.53 Å². The van der Waals surface area contributed by atoms with Crippen LogP contribution in [0.2, 0.25) is 5.02 Å². The Hall–Kier alpha value is -1.77. The average molecular weight is 322 g/mol. The van der Waals surface area contributed by atoms with Crippen LogP contribution in [0.1, 0.15) is 18.9 Å². The Balaban J connectivity index is 2.25. The van der Waals surface area contributed by atoms with Gasteiger partial charge in [0.2, 0.25) is 0 Å². The van der Waals surface area contributed by atoms with Gasteiger partial charge in [-0.1, -0.05) is 11.6 Å². The van der Waals surface area contributed by atoms with Crippen LogP contribution in [0.5, 0.6) is 0 Å². The molecule has 118 valence electrons. The topological polar surface area (TPSA) is 56.6 Å². The highest BCUT2D eigenvalue weighted by Gasteiger charge is 2.28. The van der Waals surface area contributed by atoms with E-state index in [0.29, 0.717) is 17.2 Å². The number of hydrogen-bond donors (Lipinski definition) is 0. The predicted octanol–water partition coefficient (Wildman–Crippen LogP) is 2.29. The number of rotatable bonds is 5. The first kappa shape index (κ1) is 16.6. The van der Waals surface area contributed by atoms with Gasteiger partial charge >= 0.3 is 5.97 Å². The molecular formula is C16H20ClN3O2. The molecule has 0 saturated carbocycles. The van der Waals surface area contributed by atoms with Crippen LogP contribution in [0.15, 0.2) is 18.2 Å². The Morgan fingerprint density at radius 2 is 2.36 bits per heavy atom. The van der Waals surface area contributed by atoms with Gasteiger partial charge in [0.15, 0.2) is 0 Å². The number of ether oxygens (including phenoxy) is 1. The van der Waals surface area contributed by atoms with Crippen LogP contribution in [-0.4, -0.2) is 50.2 Å². The minimum Gasteiger partial charge on any atom is -0.465 e. The molecule has 1 aromatic rings. The Bertz CT molecular complexity index is 585. The quantitative estimate of drug-likeness (QED) is 0.779. The summed E-state index contributed by atoms with van der Waals surface area (Å²) in [6.07, 6.45) is 0.980. The normalized spacial score (nSPS) is 18.0. The molecule has 0 unspecified atom stereocenters. The number of esters is 1. The van der Waals surface area contributed by atoms with Crippen molar-refractivity contribution < 1.29 is 9.53 Å². The molecule has 0 bridgehead atoms. The highest BCUT2D eigenvalue weighted by molar-refractivity contribution is 6.32. The van der Waals surface area contributed by atoms with Gasteiger partial charge in [-0.25, -0.2) is 0 Å². The molecule has 2 rings (SSSR count). The van der Waals surface area contributed by atoms with Crippen LogP contribution in [0.25, 0.3) is 0 Å². The van der Waals surface area contributed by atoms with Gasteiger partial charge < -0.3 is 14.5 Å². The van der Waals surface area contributed by atoms with Crippen LogP contribution in [0.3, 0.4) is 0 Å². The molecule has 6 heteroatoms. The fourth-order valence-corrected chi connectivity index (χ4v) is 2.93. The number of anilines is 1. The summed E-state index contributed by atoms with van der Waals surface area (Å²) in [4.78, 5) is 16.2. The summed E-state index contributed by atoms with van der Waals surface area (Å²) < 4.78 is 5.08. The number of likely N-dealkylation sites (N-methyl/N-ethyl adjacent to an activating group) is 1. The lowest BCUT2D eigenvalue weighted by atomic mass is 10.1. The zero-order chi connectivity index (χ0) is 16.1. The molecule has 0 amide bonds. The lowest BCUT2D eigenvalue weighted by Crippen LogP contribution is -2.41. The van der Waals surface area contributed by atoms with Gasteiger partial charge in [-0.3, -0.25) is 4.79 Å². The largest absolute Gasteiger partial charge is 0.465 e. The molecule has 22 heavy (non-hydrogen) atoms. The summed E-state index contributed by atoms with van der Waals surface area (Å²) in [6.45, 7) is 4.23. The van der Waals surface area contributed by atoms with Crippen molar-refractivity contribution >= 4 is 23.3 Å².